The number of rotatable bonds is 4. The molecule has 2 rings (SSSR count). The van der Waals surface area contributed by atoms with Crippen LogP contribution in [0.3, 0.4) is 0 Å². The minimum absolute atomic E-state index is 0.0538. The van der Waals surface area contributed by atoms with Crippen LogP contribution in [0.4, 0.5) is 0 Å². The molecule has 0 saturated carbocycles. The van der Waals surface area contributed by atoms with Gasteiger partial charge in [0, 0.05) is 13.1 Å². The van der Waals surface area contributed by atoms with Crippen LogP contribution in [0.2, 0.25) is 0 Å². The van der Waals surface area contributed by atoms with Crippen molar-refractivity contribution in [2.45, 2.75) is 32.1 Å². The van der Waals surface area contributed by atoms with Crippen molar-refractivity contribution in [2.24, 2.45) is 0 Å². The second-order valence-electron chi connectivity index (χ2n) is 5.05. The lowest BCUT2D eigenvalue weighted by molar-refractivity contribution is 0.346. The number of nitrogens with zero attached hydrogens (tertiary/aromatic N) is 1. The Hall–Kier alpha value is -0.870. The molecule has 1 fully saturated rings. The molecule has 3 nitrogen and oxygen atoms in total. The lowest BCUT2D eigenvalue weighted by Crippen LogP contribution is -2.38. The molecule has 0 N–H and O–H groups in total. The highest BCUT2D eigenvalue weighted by Gasteiger charge is 2.26. The quantitative estimate of drug-likeness (QED) is 0.841. The van der Waals surface area contributed by atoms with Gasteiger partial charge in [0.1, 0.15) is 0 Å². The van der Waals surface area contributed by atoms with Crippen LogP contribution in [0.25, 0.3) is 0 Å². The van der Waals surface area contributed by atoms with Crippen LogP contribution in [0.5, 0.6) is 0 Å². The molecule has 1 aliphatic rings. The van der Waals surface area contributed by atoms with Gasteiger partial charge in [-0.25, -0.2) is 12.7 Å². The predicted molar refractivity (Wildman–Crippen MR) is 74.1 cm³/mol. The molecule has 100 valence electrons. The summed E-state index contributed by atoms with van der Waals surface area (Å²) in [6, 6.07) is 9.86. The summed E-state index contributed by atoms with van der Waals surface area (Å²) < 4.78 is 26.3. The molecular formula is C14H21NO2S. The van der Waals surface area contributed by atoms with E-state index in [4.69, 9.17) is 0 Å². The molecule has 0 aromatic heterocycles. The number of piperidine rings is 1. The minimum atomic E-state index is -3.10. The van der Waals surface area contributed by atoms with Crippen LogP contribution >= 0.6 is 0 Å². The normalized spacial score (nSPS) is 19.6. The number of sulfonamides is 1. The summed E-state index contributed by atoms with van der Waals surface area (Å²) in [6.45, 7) is 3.38. The van der Waals surface area contributed by atoms with Gasteiger partial charge in [-0.3, -0.25) is 0 Å². The monoisotopic (exact) mass is 267 g/mol. The zero-order chi connectivity index (χ0) is 13.0. The summed E-state index contributed by atoms with van der Waals surface area (Å²) in [5.41, 5.74) is 1.10. The highest BCUT2D eigenvalue weighted by atomic mass is 32.2. The summed E-state index contributed by atoms with van der Waals surface area (Å²) in [6.07, 6.45) is 3.15. The van der Waals surface area contributed by atoms with Gasteiger partial charge in [-0.2, -0.15) is 0 Å². The molecule has 0 amide bonds. The molecule has 0 bridgehead atoms. The van der Waals surface area contributed by atoms with E-state index in [2.05, 4.69) is 0 Å². The summed E-state index contributed by atoms with van der Waals surface area (Å²) in [4.78, 5) is 0. The third-order valence-electron chi connectivity index (χ3n) is 3.54. The molecule has 1 heterocycles. The predicted octanol–water partition coefficient (Wildman–Crippen LogP) is 2.61. The maximum Gasteiger partial charge on any atom is 0.214 e. The average Bonchev–Trinajstić information content (AvgIpc) is 2.40. The number of benzene rings is 1. The Balaban J connectivity index is 2.03. The van der Waals surface area contributed by atoms with Crippen LogP contribution < -0.4 is 0 Å². The molecule has 1 aromatic rings. The fourth-order valence-electron chi connectivity index (χ4n) is 2.44. The third-order valence-corrected chi connectivity index (χ3v) is 5.61. The molecule has 0 spiro atoms. The topological polar surface area (TPSA) is 37.4 Å². The van der Waals surface area contributed by atoms with Gasteiger partial charge in [0.15, 0.2) is 0 Å². The van der Waals surface area contributed by atoms with Crippen molar-refractivity contribution in [2.75, 3.05) is 18.8 Å². The van der Waals surface area contributed by atoms with Gasteiger partial charge in [0.25, 0.3) is 0 Å². The van der Waals surface area contributed by atoms with E-state index < -0.39 is 10.0 Å². The highest BCUT2D eigenvalue weighted by molar-refractivity contribution is 7.89. The van der Waals surface area contributed by atoms with Gasteiger partial charge in [0.05, 0.1) is 5.75 Å². The van der Waals surface area contributed by atoms with Crippen molar-refractivity contribution < 1.29 is 8.42 Å². The molecule has 0 aliphatic carbocycles. The van der Waals surface area contributed by atoms with E-state index in [-0.39, 0.29) is 11.7 Å². The van der Waals surface area contributed by atoms with Gasteiger partial charge in [-0.15, -0.1) is 0 Å². The van der Waals surface area contributed by atoms with Gasteiger partial charge in [-0.05, 0) is 24.3 Å². The maximum atomic E-state index is 12.3. The van der Waals surface area contributed by atoms with Crippen molar-refractivity contribution in [3.8, 4) is 0 Å². The first kappa shape index (κ1) is 13.6. The summed E-state index contributed by atoms with van der Waals surface area (Å²) in [5.74, 6) is 0.273. The highest BCUT2D eigenvalue weighted by Crippen LogP contribution is 2.21. The molecular weight excluding hydrogens is 246 g/mol. The summed E-state index contributed by atoms with van der Waals surface area (Å²) >= 11 is 0. The fourth-order valence-corrected chi connectivity index (χ4v) is 4.29. The Morgan fingerprint density at radius 1 is 1.11 bits per heavy atom. The molecule has 1 aromatic carbocycles. The fraction of sp³-hybridized carbons (Fsp3) is 0.571. The van der Waals surface area contributed by atoms with E-state index in [1.54, 1.807) is 4.31 Å². The molecule has 1 atom stereocenters. The van der Waals surface area contributed by atoms with Crippen LogP contribution in [0.1, 0.15) is 37.7 Å². The van der Waals surface area contributed by atoms with Crippen LogP contribution in [0, 0.1) is 0 Å². The van der Waals surface area contributed by atoms with Crippen molar-refractivity contribution in [3.63, 3.8) is 0 Å². The Morgan fingerprint density at radius 2 is 1.72 bits per heavy atom. The van der Waals surface area contributed by atoms with E-state index in [0.717, 1.165) is 24.8 Å². The maximum absolute atomic E-state index is 12.3. The average molecular weight is 267 g/mol. The largest absolute Gasteiger partial charge is 0.214 e. The number of hydrogen-bond acceptors (Lipinski definition) is 2. The van der Waals surface area contributed by atoms with Gasteiger partial charge in [-0.1, -0.05) is 43.7 Å². The minimum Gasteiger partial charge on any atom is -0.212 e. The summed E-state index contributed by atoms with van der Waals surface area (Å²) in [7, 11) is -3.10. The lowest BCUT2D eigenvalue weighted by Gasteiger charge is -2.27. The SMILES string of the molecule is CC(CS(=O)(=O)N1CCCCC1)c1ccccc1. The van der Waals surface area contributed by atoms with E-state index in [0.29, 0.717) is 13.1 Å². The van der Waals surface area contributed by atoms with Crippen LogP contribution in [-0.4, -0.2) is 31.6 Å². The molecule has 1 unspecified atom stereocenters. The van der Waals surface area contributed by atoms with Crippen LogP contribution in [-0.2, 0) is 10.0 Å². The van der Waals surface area contributed by atoms with Gasteiger partial charge in [0.2, 0.25) is 10.0 Å². The first-order chi connectivity index (χ1) is 8.59. The zero-order valence-electron chi connectivity index (χ0n) is 10.9. The van der Waals surface area contributed by atoms with E-state index in [9.17, 15) is 8.42 Å². The van der Waals surface area contributed by atoms with Gasteiger partial charge < -0.3 is 0 Å². The third kappa shape index (κ3) is 3.33. The Labute approximate surface area is 110 Å². The van der Waals surface area contributed by atoms with E-state index >= 15 is 0 Å². The standard InChI is InChI=1S/C14H21NO2S/c1-13(14-8-4-2-5-9-14)12-18(16,17)15-10-6-3-7-11-15/h2,4-5,8-9,13H,3,6-7,10-12H2,1H3. The van der Waals surface area contributed by atoms with Crippen LogP contribution in [0.15, 0.2) is 30.3 Å². The van der Waals surface area contributed by atoms with E-state index in [1.807, 2.05) is 37.3 Å². The first-order valence-electron chi connectivity index (χ1n) is 6.62. The molecule has 1 aliphatic heterocycles. The summed E-state index contributed by atoms with van der Waals surface area (Å²) in [5, 5.41) is 0. The van der Waals surface area contributed by atoms with E-state index in [1.165, 1.54) is 0 Å². The second-order valence-corrected chi connectivity index (χ2v) is 7.06. The number of hydrogen-bond donors (Lipinski definition) is 0. The Morgan fingerprint density at radius 3 is 2.33 bits per heavy atom. The van der Waals surface area contributed by atoms with Crippen molar-refractivity contribution in [3.05, 3.63) is 35.9 Å². The molecule has 0 radical (unpaired) electrons. The smallest absolute Gasteiger partial charge is 0.212 e. The molecule has 18 heavy (non-hydrogen) atoms. The van der Waals surface area contributed by atoms with Gasteiger partial charge >= 0.3 is 0 Å². The lowest BCUT2D eigenvalue weighted by atomic mass is 10.0. The van der Waals surface area contributed by atoms with Crippen molar-refractivity contribution in [1.29, 1.82) is 0 Å². The first-order valence-corrected chi connectivity index (χ1v) is 8.23. The van der Waals surface area contributed by atoms with Crippen molar-refractivity contribution >= 4 is 10.0 Å². The zero-order valence-corrected chi connectivity index (χ0v) is 11.7. The molecule has 1 saturated heterocycles. The Kier molecular flexibility index (Phi) is 4.40. The Bertz CT molecular complexity index is 464. The molecule has 4 heteroatoms. The second kappa shape index (κ2) is 5.85. The van der Waals surface area contributed by atoms with Crippen molar-refractivity contribution in [1.82, 2.24) is 4.31 Å².